The van der Waals surface area contributed by atoms with Gasteiger partial charge in [0.05, 0.1) is 6.04 Å². The SMILES string of the molecule is CCN1c2ccccc2C(C)(C)C1C=Cc1cccc2ccccc12. The standard InChI is InChI=1S/C24H25N/c1-4-25-22-15-8-7-14-21(22)24(2,3)23(25)17-16-19-12-9-11-18-10-5-6-13-20(18)19/h5-17,23H,4H2,1-3H3. The minimum absolute atomic E-state index is 0.105. The fraction of sp³-hybridized carbons (Fsp3) is 0.250. The molecule has 0 aliphatic carbocycles. The molecule has 3 aromatic carbocycles. The van der Waals surface area contributed by atoms with Crippen molar-refractivity contribution in [3.8, 4) is 0 Å². The number of para-hydroxylation sites is 1. The van der Waals surface area contributed by atoms with Gasteiger partial charge in [-0.05, 0) is 34.9 Å². The van der Waals surface area contributed by atoms with E-state index in [4.69, 9.17) is 0 Å². The van der Waals surface area contributed by atoms with Gasteiger partial charge in [0, 0.05) is 17.6 Å². The molecule has 25 heavy (non-hydrogen) atoms. The maximum absolute atomic E-state index is 2.52. The summed E-state index contributed by atoms with van der Waals surface area (Å²) in [5.74, 6) is 0. The van der Waals surface area contributed by atoms with E-state index in [1.807, 2.05) is 0 Å². The molecule has 1 atom stereocenters. The van der Waals surface area contributed by atoms with Crippen LogP contribution >= 0.6 is 0 Å². The molecule has 0 fully saturated rings. The first-order valence-corrected chi connectivity index (χ1v) is 9.15. The van der Waals surface area contributed by atoms with Gasteiger partial charge < -0.3 is 4.90 Å². The second kappa shape index (κ2) is 6.07. The summed E-state index contributed by atoms with van der Waals surface area (Å²) in [6, 6.07) is 24.4. The van der Waals surface area contributed by atoms with Crippen molar-refractivity contribution in [2.75, 3.05) is 11.4 Å². The van der Waals surface area contributed by atoms with E-state index in [0.29, 0.717) is 6.04 Å². The highest BCUT2D eigenvalue weighted by Crippen LogP contribution is 2.45. The average molecular weight is 327 g/mol. The maximum Gasteiger partial charge on any atom is 0.0568 e. The monoisotopic (exact) mass is 327 g/mol. The van der Waals surface area contributed by atoms with Gasteiger partial charge in [0.2, 0.25) is 0 Å². The summed E-state index contributed by atoms with van der Waals surface area (Å²) in [5, 5.41) is 2.61. The molecule has 0 saturated carbocycles. The lowest BCUT2D eigenvalue weighted by Gasteiger charge is -2.31. The molecule has 0 radical (unpaired) electrons. The zero-order valence-corrected chi connectivity index (χ0v) is 15.2. The predicted octanol–water partition coefficient (Wildman–Crippen LogP) is 6.04. The molecule has 1 unspecified atom stereocenters. The van der Waals surface area contributed by atoms with E-state index in [-0.39, 0.29) is 5.41 Å². The third kappa shape index (κ3) is 2.55. The first kappa shape index (κ1) is 16.0. The van der Waals surface area contributed by atoms with Crippen molar-refractivity contribution in [3.63, 3.8) is 0 Å². The molecule has 1 aliphatic rings. The minimum atomic E-state index is 0.105. The van der Waals surface area contributed by atoms with E-state index < -0.39 is 0 Å². The van der Waals surface area contributed by atoms with Crippen molar-refractivity contribution in [2.45, 2.75) is 32.2 Å². The third-order valence-corrected chi connectivity index (χ3v) is 5.60. The largest absolute Gasteiger partial charge is 0.364 e. The molecular formula is C24H25N. The van der Waals surface area contributed by atoms with E-state index in [1.54, 1.807) is 0 Å². The highest BCUT2D eigenvalue weighted by atomic mass is 15.2. The molecule has 3 aromatic rings. The van der Waals surface area contributed by atoms with Crippen LogP contribution in [-0.2, 0) is 5.41 Å². The van der Waals surface area contributed by atoms with E-state index in [9.17, 15) is 0 Å². The minimum Gasteiger partial charge on any atom is -0.364 e. The predicted molar refractivity (Wildman–Crippen MR) is 109 cm³/mol. The molecular weight excluding hydrogens is 302 g/mol. The summed E-state index contributed by atoms with van der Waals surface area (Å²) in [6.07, 6.45) is 4.70. The van der Waals surface area contributed by atoms with Crippen LogP contribution in [0.25, 0.3) is 16.8 Å². The number of hydrogen-bond donors (Lipinski definition) is 0. The van der Waals surface area contributed by atoms with E-state index in [2.05, 4.69) is 105 Å². The Balaban J connectivity index is 1.76. The Labute approximate surface area is 150 Å². The summed E-state index contributed by atoms with van der Waals surface area (Å²) >= 11 is 0. The molecule has 0 amide bonds. The Morgan fingerprint density at radius 3 is 2.48 bits per heavy atom. The number of nitrogens with zero attached hydrogens (tertiary/aromatic N) is 1. The van der Waals surface area contributed by atoms with Gasteiger partial charge >= 0.3 is 0 Å². The Morgan fingerprint density at radius 1 is 0.920 bits per heavy atom. The second-order valence-corrected chi connectivity index (χ2v) is 7.40. The number of hydrogen-bond acceptors (Lipinski definition) is 1. The molecule has 0 aromatic heterocycles. The van der Waals surface area contributed by atoms with Gasteiger partial charge in [0.15, 0.2) is 0 Å². The zero-order chi connectivity index (χ0) is 17.4. The van der Waals surface area contributed by atoms with Crippen LogP contribution in [0.2, 0.25) is 0 Å². The summed E-state index contributed by atoms with van der Waals surface area (Å²) in [7, 11) is 0. The van der Waals surface area contributed by atoms with Gasteiger partial charge in [-0.25, -0.2) is 0 Å². The maximum atomic E-state index is 2.52. The van der Waals surface area contributed by atoms with Gasteiger partial charge in [-0.1, -0.05) is 86.7 Å². The van der Waals surface area contributed by atoms with Crippen LogP contribution in [0.3, 0.4) is 0 Å². The molecule has 0 N–H and O–H groups in total. The van der Waals surface area contributed by atoms with Crippen LogP contribution in [-0.4, -0.2) is 12.6 Å². The van der Waals surface area contributed by atoms with Crippen molar-refractivity contribution in [3.05, 3.63) is 83.9 Å². The molecule has 1 aliphatic heterocycles. The van der Waals surface area contributed by atoms with Crippen LogP contribution in [0.4, 0.5) is 5.69 Å². The number of likely N-dealkylation sites (N-methyl/N-ethyl adjacent to an activating group) is 1. The van der Waals surface area contributed by atoms with Gasteiger partial charge in [-0.15, -0.1) is 0 Å². The topological polar surface area (TPSA) is 3.24 Å². The quantitative estimate of drug-likeness (QED) is 0.567. The zero-order valence-electron chi connectivity index (χ0n) is 15.2. The lowest BCUT2D eigenvalue weighted by Crippen LogP contribution is -2.39. The number of rotatable bonds is 3. The number of fused-ring (bicyclic) bond motifs is 2. The summed E-state index contributed by atoms with van der Waals surface area (Å²) in [6.45, 7) is 7.99. The molecule has 126 valence electrons. The smallest absolute Gasteiger partial charge is 0.0568 e. The molecule has 0 bridgehead atoms. The Morgan fingerprint density at radius 2 is 1.64 bits per heavy atom. The van der Waals surface area contributed by atoms with Crippen molar-refractivity contribution in [1.82, 2.24) is 0 Å². The lowest BCUT2D eigenvalue weighted by molar-refractivity contribution is 0.479. The highest BCUT2D eigenvalue weighted by molar-refractivity contribution is 5.90. The average Bonchev–Trinajstić information content (AvgIpc) is 2.86. The molecule has 0 spiro atoms. The van der Waals surface area contributed by atoms with E-state index in [1.165, 1.54) is 27.6 Å². The van der Waals surface area contributed by atoms with Crippen LogP contribution in [0.15, 0.2) is 72.8 Å². The highest BCUT2D eigenvalue weighted by Gasteiger charge is 2.42. The molecule has 1 nitrogen and oxygen atoms in total. The van der Waals surface area contributed by atoms with Gasteiger partial charge in [-0.2, -0.15) is 0 Å². The van der Waals surface area contributed by atoms with E-state index in [0.717, 1.165) is 6.54 Å². The van der Waals surface area contributed by atoms with Crippen LogP contribution < -0.4 is 4.90 Å². The van der Waals surface area contributed by atoms with Crippen LogP contribution in [0, 0.1) is 0 Å². The lowest BCUT2D eigenvalue weighted by atomic mass is 9.80. The second-order valence-electron chi connectivity index (χ2n) is 7.40. The molecule has 1 heterocycles. The fourth-order valence-electron chi connectivity index (χ4n) is 4.27. The van der Waals surface area contributed by atoms with Gasteiger partial charge in [-0.3, -0.25) is 0 Å². The van der Waals surface area contributed by atoms with Crippen molar-refractivity contribution < 1.29 is 0 Å². The molecule has 4 rings (SSSR count). The van der Waals surface area contributed by atoms with Crippen LogP contribution in [0.5, 0.6) is 0 Å². The fourth-order valence-corrected chi connectivity index (χ4v) is 4.27. The normalized spacial score (nSPS) is 18.8. The Hall–Kier alpha value is -2.54. The van der Waals surface area contributed by atoms with E-state index >= 15 is 0 Å². The summed E-state index contributed by atoms with van der Waals surface area (Å²) < 4.78 is 0. The molecule has 1 heteroatoms. The van der Waals surface area contributed by atoms with Crippen molar-refractivity contribution in [2.24, 2.45) is 0 Å². The number of anilines is 1. The first-order chi connectivity index (χ1) is 12.1. The van der Waals surface area contributed by atoms with Crippen LogP contribution in [0.1, 0.15) is 31.9 Å². The van der Waals surface area contributed by atoms with Crippen molar-refractivity contribution >= 4 is 22.5 Å². The molecule has 0 saturated heterocycles. The van der Waals surface area contributed by atoms with Gasteiger partial charge in [0.25, 0.3) is 0 Å². The van der Waals surface area contributed by atoms with Gasteiger partial charge in [0.1, 0.15) is 0 Å². The Kier molecular flexibility index (Phi) is 3.88. The van der Waals surface area contributed by atoms with Crippen molar-refractivity contribution in [1.29, 1.82) is 0 Å². The third-order valence-electron chi connectivity index (χ3n) is 5.60. The number of benzene rings is 3. The Bertz CT molecular complexity index is 930. The summed E-state index contributed by atoms with van der Waals surface area (Å²) in [5.41, 5.74) is 4.22. The first-order valence-electron chi connectivity index (χ1n) is 9.15. The summed E-state index contributed by atoms with van der Waals surface area (Å²) in [4.78, 5) is 2.52.